The summed E-state index contributed by atoms with van der Waals surface area (Å²) in [5.74, 6) is -0.690. The zero-order chi connectivity index (χ0) is 20.6. The van der Waals surface area contributed by atoms with E-state index in [1.54, 1.807) is 20.0 Å². The van der Waals surface area contributed by atoms with E-state index in [0.29, 0.717) is 11.7 Å². The zero-order valence-electron chi connectivity index (χ0n) is 16.6. The number of pyridine rings is 1. The van der Waals surface area contributed by atoms with E-state index in [4.69, 9.17) is 9.47 Å². The first-order chi connectivity index (χ1) is 14.1. The molecule has 2 aromatic rings. The Kier molecular flexibility index (Phi) is 6.84. The van der Waals surface area contributed by atoms with E-state index in [1.807, 2.05) is 12.1 Å². The number of carbonyl (C=O) groups is 2. The van der Waals surface area contributed by atoms with Crippen LogP contribution >= 0.6 is 0 Å². The van der Waals surface area contributed by atoms with Crippen molar-refractivity contribution in [2.75, 3.05) is 23.8 Å². The van der Waals surface area contributed by atoms with Crippen molar-refractivity contribution >= 4 is 23.4 Å². The lowest BCUT2D eigenvalue weighted by Crippen LogP contribution is -2.20. The molecular weight excluding hydrogens is 370 g/mol. The molecular formula is C22H25N3O4. The van der Waals surface area contributed by atoms with Crippen molar-refractivity contribution in [1.82, 2.24) is 4.98 Å². The molecule has 7 heteroatoms. The Bertz CT molecular complexity index is 848. The largest absolute Gasteiger partial charge is 0.462 e. The van der Waals surface area contributed by atoms with Crippen LogP contribution in [0.1, 0.15) is 25.0 Å². The van der Waals surface area contributed by atoms with Crippen molar-refractivity contribution in [2.24, 2.45) is 0 Å². The summed E-state index contributed by atoms with van der Waals surface area (Å²) in [6.07, 6.45) is 4.87. The van der Waals surface area contributed by atoms with Gasteiger partial charge in [0.1, 0.15) is 5.82 Å². The number of anilines is 2. The molecule has 0 unspecified atom stereocenters. The maximum atomic E-state index is 12.0. The number of nitrogens with one attached hydrogen (secondary N) is 2. The third-order valence-corrected chi connectivity index (χ3v) is 4.54. The smallest absolute Gasteiger partial charge is 0.347 e. The number of ether oxygens (including phenoxy) is 2. The van der Waals surface area contributed by atoms with Crippen molar-refractivity contribution in [3.05, 3.63) is 65.5 Å². The molecule has 1 aromatic heterocycles. The average Bonchev–Trinajstić information content (AvgIpc) is 3.12. The van der Waals surface area contributed by atoms with Crippen molar-refractivity contribution in [3.8, 4) is 0 Å². The van der Waals surface area contributed by atoms with E-state index in [2.05, 4.69) is 39.9 Å². The minimum atomic E-state index is -0.731. The molecule has 1 aliphatic carbocycles. The van der Waals surface area contributed by atoms with Gasteiger partial charge in [-0.2, -0.15) is 0 Å². The van der Waals surface area contributed by atoms with Crippen LogP contribution in [0.15, 0.2) is 54.4 Å². The minimum Gasteiger partial charge on any atom is -0.462 e. The summed E-state index contributed by atoms with van der Waals surface area (Å²) >= 11 is 0. The van der Waals surface area contributed by atoms with E-state index in [1.165, 1.54) is 17.3 Å². The lowest BCUT2D eigenvalue weighted by Gasteiger charge is -2.13. The van der Waals surface area contributed by atoms with Gasteiger partial charge >= 0.3 is 11.9 Å². The Hall–Kier alpha value is -3.35. The third-order valence-electron chi connectivity index (χ3n) is 4.54. The lowest BCUT2D eigenvalue weighted by molar-refractivity contribution is -0.146. The second kappa shape index (κ2) is 9.73. The van der Waals surface area contributed by atoms with E-state index in [-0.39, 0.29) is 18.8 Å². The molecule has 0 amide bonds. The molecule has 0 radical (unpaired) electrons. The van der Waals surface area contributed by atoms with Crippen molar-refractivity contribution in [2.45, 2.75) is 32.7 Å². The number of hydrogen-bond acceptors (Lipinski definition) is 7. The second-order valence-corrected chi connectivity index (χ2v) is 6.59. The summed E-state index contributed by atoms with van der Waals surface area (Å²) in [7, 11) is 0. The van der Waals surface area contributed by atoms with Gasteiger partial charge in [-0.15, -0.1) is 0 Å². The first-order valence-electron chi connectivity index (χ1n) is 9.71. The van der Waals surface area contributed by atoms with E-state index < -0.39 is 11.9 Å². The molecule has 29 heavy (non-hydrogen) atoms. The predicted octanol–water partition coefficient (Wildman–Crippen LogP) is 3.08. The topological polar surface area (TPSA) is 89.5 Å². The van der Waals surface area contributed by atoms with E-state index >= 15 is 0 Å². The highest BCUT2D eigenvalue weighted by Crippen LogP contribution is 2.24. The molecule has 0 saturated carbocycles. The average molecular weight is 395 g/mol. The van der Waals surface area contributed by atoms with Crippen LogP contribution in [0.3, 0.4) is 0 Å². The fourth-order valence-corrected chi connectivity index (χ4v) is 3.21. The van der Waals surface area contributed by atoms with Gasteiger partial charge in [-0.1, -0.05) is 24.3 Å². The number of nitrogens with zero attached hydrogens (tertiary/aromatic N) is 1. The highest BCUT2D eigenvalue weighted by molar-refractivity contribution is 6.14. The summed E-state index contributed by atoms with van der Waals surface area (Å²) in [5.41, 5.74) is 3.19. The highest BCUT2D eigenvalue weighted by atomic mass is 16.6. The van der Waals surface area contributed by atoms with Gasteiger partial charge in [-0.05, 0) is 49.9 Å². The molecule has 0 bridgehead atoms. The standard InChI is InChI=1S/C22H25N3O4/c1-3-28-21(26)19(22(27)29-4-2)14-23-17-9-10-20(24-13-17)25-18-11-15-7-5-6-8-16(15)12-18/h5-10,13-14,18,23H,3-4,11-12H2,1-2H3,(H,24,25). The Labute approximate surface area is 170 Å². The number of esters is 2. The van der Waals surface area contributed by atoms with Crippen molar-refractivity contribution in [3.63, 3.8) is 0 Å². The molecule has 0 atom stereocenters. The number of carbonyl (C=O) groups excluding carboxylic acids is 2. The number of rotatable bonds is 8. The van der Waals surface area contributed by atoms with Crippen LogP contribution < -0.4 is 10.6 Å². The SMILES string of the molecule is CCOC(=O)C(=CNc1ccc(NC2Cc3ccccc3C2)nc1)C(=O)OCC. The van der Waals surface area contributed by atoms with Crippen molar-refractivity contribution < 1.29 is 19.1 Å². The van der Waals surface area contributed by atoms with E-state index in [0.717, 1.165) is 18.7 Å². The minimum absolute atomic E-state index is 0.169. The molecule has 2 N–H and O–H groups in total. The Morgan fingerprint density at radius 3 is 2.17 bits per heavy atom. The summed E-state index contributed by atoms with van der Waals surface area (Å²) in [4.78, 5) is 28.3. The molecule has 0 aliphatic heterocycles. The van der Waals surface area contributed by atoms with Gasteiger partial charge in [0.2, 0.25) is 0 Å². The Morgan fingerprint density at radius 2 is 1.66 bits per heavy atom. The van der Waals surface area contributed by atoms with Gasteiger partial charge in [-0.25, -0.2) is 14.6 Å². The molecule has 1 aromatic carbocycles. The van der Waals surface area contributed by atoms with Gasteiger partial charge in [0, 0.05) is 12.2 Å². The zero-order valence-corrected chi connectivity index (χ0v) is 16.6. The van der Waals surface area contributed by atoms with Crippen molar-refractivity contribution in [1.29, 1.82) is 0 Å². The monoisotopic (exact) mass is 395 g/mol. The highest BCUT2D eigenvalue weighted by Gasteiger charge is 2.22. The molecule has 1 aliphatic rings. The summed E-state index contributed by atoms with van der Waals surface area (Å²) in [5, 5.41) is 6.35. The van der Waals surface area contributed by atoms with Gasteiger partial charge < -0.3 is 20.1 Å². The molecule has 3 rings (SSSR count). The third kappa shape index (κ3) is 5.34. The number of hydrogen-bond donors (Lipinski definition) is 2. The number of aromatic nitrogens is 1. The second-order valence-electron chi connectivity index (χ2n) is 6.59. The molecule has 1 heterocycles. The lowest BCUT2D eigenvalue weighted by atomic mass is 10.1. The molecule has 152 valence electrons. The van der Waals surface area contributed by atoms with Gasteiger partial charge in [0.25, 0.3) is 0 Å². The first-order valence-corrected chi connectivity index (χ1v) is 9.71. The Morgan fingerprint density at radius 1 is 1.03 bits per heavy atom. The fraction of sp³-hybridized carbons (Fsp3) is 0.318. The van der Waals surface area contributed by atoms with Gasteiger partial charge in [-0.3, -0.25) is 0 Å². The van der Waals surface area contributed by atoms with Crippen LogP contribution in [0.4, 0.5) is 11.5 Å². The molecule has 7 nitrogen and oxygen atoms in total. The summed E-state index contributed by atoms with van der Waals surface area (Å²) in [6.45, 7) is 3.68. The molecule has 0 fully saturated rings. The maximum absolute atomic E-state index is 12.0. The first kappa shape index (κ1) is 20.4. The van der Waals surface area contributed by atoms with Crippen LogP contribution in [0.25, 0.3) is 0 Å². The fourth-order valence-electron chi connectivity index (χ4n) is 3.21. The van der Waals surface area contributed by atoms with E-state index in [9.17, 15) is 9.59 Å². The van der Waals surface area contributed by atoms with Crippen LogP contribution in [0, 0.1) is 0 Å². The molecule has 0 saturated heterocycles. The van der Waals surface area contributed by atoms with Crippen LogP contribution in [-0.4, -0.2) is 36.2 Å². The van der Waals surface area contributed by atoms with Gasteiger partial charge in [0.15, 0.2) is 5.57 Å². The van der Waals surface area contributed by atoms with Crippen LogP contribution in [0.5, 0.6) is 0 Å². The number of benzene rings is 1. The quantitative estimate of drug-likeness (QED) is 0.307. The normalized spacial score (nSPS) is 12.6. The maximum Gasteiger partial charge on any atom is 0.347 e. The molecule has 0 spiro atoms. The van der Waals surface area contributed by atoms with Crippen LogP contribution in [-0.2, 0) is 31.9 Å². The summed E-state index contributed by atoms with van der Waals surface area (Å²) < 4.78 is 9.81. The van der Waals surface area contributed by atoms with Crippen LogP contribution in [0.2, 0.25) is 0 Å². The van der Waals surface area contributed by atoms with Gasteiger partial charge in [0.05, 0.1) is 25.1 Å². The Balaban J connectivity index is 1.61. The summed E-state index contributed by atoms with van der Waals surface area (Å²) in [6, 6.07) is 12.4. The number of fused-ring (bicyclic) bond motifs is 1. The predicted molar refractivity (Wildman–Crippen MR) is 110 cm³/mol.